The van der Waals surface area contributed by atoms with Crippen LogP contribution in [0.3, 0.4) is 0 Å². The molecule has 0 aromatic heterocycles. The van der Waals surface area contributed by atoms with Gasteiger partial charge in [0.05, 0.1) is 4.92 Å². The summed E-state index contributed by atoms with van der Waals surface area (Å²) in [6.07, 6.45) is 1.20. The molecular weight excluding hydrogens is 526 g/mol. The van der Waals surface area contributed by atoms with E-state index < -0.39 is 20.9 Å². The maximum atomic E-state index is 12.7. The largest absolute Gasteiger partial charge is 0.378 e. The highest BCUT2D eigenvalue weighted by atomic mass is 79.9. The van der Waals surface area contributed by atoms with Gasteiger partial charge in [0.2, 0.25) is 0 Å². The number of anilines is 1. The lowest BCUT2D eigenvalue weighted by molar-refractivity contribution is -0.384. The number of non-ortho nitro benzene ring substituents is 1. The molecule has 0 aliphatic carbocycles. The van der Waals surface area contributed by atoms with Crippen LogP contribution >= 0.6 is 15.9 Å². The molecular formula is C23H16BrN3O6S. The average Bonchev–Trinajstić information content (AvgIpc) is 2.80. The van der Waals surface area contributed by atoms with Crippen LogP contribution < -0.4 is 9.50 Å². The second-order valence-corrected chi connectivity index (χ2v) is 9.42. The number of carbonyl (C=O) groups is 1. The van der Waals surface area contributed by atoms with Gasteiger partial charge in [-0.25, -0.2) is 0 Å². The number of nitro benzene ring substituents is 1. The van der Waals surface area contributed by atoms with Gasteiger partial charge in [-0.1, -0.05) is 33.6 Å². The molecule has 1 amide bonds. The van der Waals surface area contributed by atoms with Gasteiger partial charge < -0.3 is 9.50 Å². The third kappa shape index (κ3) is 6.06. The van der Waals surface area contributed by atoms with Crippen molar-refractivity contribution in [1.29, 1.82) is 5.26 Å². The van der Waals surface area contributed by atoms with Crippen LogP contribution in [0.25, 0.3) is 6.08 Å². The van der Waals surface area contributed by atoms with E-state index in [4.69, 9.17) is 4.18 Å². The van der Waals surface area contributed by atoms with Crippen molar-refractivity contribution in [2.24, 2.45) is 0 Å². The molecule has 0 aliphatic rings. The molecule has 3 aromatic rings. The highest BCUT2D eigenvalue weighted by Crippen LogP contribution is 2.29. The molecule has 1 N–H and O–H groups in total. The van der Waals surface area contributed by atoms with Gasteiger partial charge in [-0.2, -0.15) is 13.7 Å². The molecule has 0 saturated heterocycles. The fraction of sp³-hybridized carbons (Fsp3) is 0.0435. The summed E-state index contributed by atoms with van der Waals surface area (Å²) in [7, 11) is -4.36. The zero-order valence-electron chi connectivity index (χ0n) is 17.6. The summed E-state index contributed by atoms with van der Waals surface area (Å²) in [5.41, 5.74) is 1.08. The molecule has 3 aromatic carbocycles. The van der Waals surface area contributed by atoms with Crippen LogP contribution in [0.2, 0.25) is 0 Å². The van der Waals surface area contributed by atoms with E-state index in [1.807, 2.05) is 6.92 Å². The number of hydrogen-bond acceptors (Lipinski definition) is 7. The summed E-state index contributed by atoms with van der Waals surface area (Å²) >= 11 is 3.27. The first-order valence-corrected chi connectivity index (χ1v) is 11.8. The van der Waals surface area contributed by atoms with Gasteiger partial charge in [0.15, 0.2) is 0 Å². The molecule has 0 bridgehead atoms. The number of nitrogens with zero attached hydrogens (tertiary/aromatic N) is 2. The van der Waals surface area contributed by atoms with Gasteiger partial charge in [0.25, 0.3) is 11.6 Å². The Labute approximate surface area is 203 Å². The molecule has 0 unspecified atom stereocenters. The third-order valence-corrected chi connectivity index (χ3v) is 6.22. The fourth-order valence-corrected chi connectivity index (χ4v) is 4.08. The first kappa shape index (κ1) is 24.6. The van der Waals surface area contributed by atoms with E-state index >= 15 is 0 Å². The van der Waals surface area contributed by atoms with Crippen molar-refractivity contribution in [2.75, 3.05) is 5.32 Å². The van der Waals surface area contributed by atoms with E-state index in [-0.39, 0.29) is 27.5 Å². The summed E-state index contributed by atoms with van der Waals surface area (Å²) in [4.78, 5) is 22.4. The van der Waals surface area contributed by atoms with Gasteiger partial charge in [-0.15, -0.1) is 0 Å². The van der Waals surface area contributed by atoms with E-state index in [2.05, 4.69) is 21.2 Å². The average molecular weight is 542 g/mol. The standard InChI is InChI=1S/C23H16BrN3O6S/c1-15-2-5-19(6-3-15)26-23(28)17(14-25)12-16-13-18(24)4-11-22(16)33-34(31,32)21-9-7-20(8-10-21)27(29)30/h2-13H,1H3,(H,26,28)/b17-12-. The van der Waals surface area contributed by atoms with E-state index in [0.29, 0.717) is 10.2 Å². The first-order valence-electron chi connectivity index (χ1n) is 9.57. The highest BCUT2D eigenvalue weighted by Gasteiger charge is 2.20. The number of carbonyl (C=O) groups excluding carboxylic acids is 1. The second kappa shape index (κ2) is 10.3. The summed E-state index contributed by atoms with van der Waals surface area (Å²) in [6, 6.07) is 17.3. The van der Waals surface area contributed by atoms with E-state index in [0.717, 1.165) is 29.8 Å². The van der Waals surface area contributed by atoms with Crippen molar-refractivity contribution in [3.63, 3.8) is 0 Å². The van der Waals surface area contributed by atoms with Crippen LogP contribution in [0.5, 0.6) is 5.75 Å². The number of aryl methyl sites for hydroxylation is 1. The Morgan fingerprint density at radius 2 is 1.76 bits per heavy atom. The fourth-order valence-electron chi connectivity index (χ4n) is 2.75. The Kier molecular flexibility index (Phi) is 7.45. The first-order chi connectivity index (χ1) is 16.1. The third-order valence-electron chi connectivity index (χ3n) is 4.48. The molecule has 0 spiro atoms. The minimum atomic E-state index is -4.36. The molecule has 34 heavy (non-hydrogen) atoms. The number of nitriles is 1. The minimum Gasteiger partial charge on any atom is -0.378 e. The van der Waals surface area contributed by atoms with Gasteiger partial charge in [-0.05, 0) is 55.5 Å². The maximum absolute atomic E-state index is 12.7. The number of hydrogen-bond donors (Lipinski definition) is 1. The van der Waals surface area contributed by atoms with Crippen molar-refractivity contribution < 1.29 is 22.3 Å². The Morgan fingerprint density at radius 3 is 2.35 bits per heavy atom. The lowest BCUT2D eigenvalue weighted by Crippen LogP contribution is -2.14. The molecule has 3 rings (SSSR count). The number of nitrogens with one attached hydrogen (secondary N) is 1. The topological polar surface area (TPSA) is 139 Å². The number of nitro groups is 1. The Morgan fingerprint density at radius 1 is 1.12 bits per heavy atom. The molecule has 0 fully saturated rings. The van der Waals surface area contributed by atoms with Gasteiger partial charge in [0.1, 0.15) is 22.3 Å². The summed E-state index contributed by atoms with van der Waals surface area (Å²) < 4.78 is 31.2. The molecule has 0 aliphatic heterocycles. The zero-order valence-corrected chi connectivity index (χ0v) is 20.0. The number of amides is 1. The number of halogens is 1. The molecule has 11 heteroatoms. The zero-order chi connectivity index (χ0) is 24.9. The van der Waals surface area contributed by atoms with Crippen molar-refractivity contribution in [3.05, 3.63) is 98.0 Å². The quantitative estimate of drug-likeness (QED) is 0.146. The van der Waals surface area contributed by atoms with Crippen LogP contribution in [0.15, 0.2) is 81.7 Å². The second-order valence-electron chi connectivity index (χ2n) is 6.96. The smallest absolute Gasteiger partial charge is 0.339 e. The molecule has 0 radical (unpaired) electrons. The normalized spacial score (nSPS) is 11.4. The van der Waals surface area contributed by atoms with Crippen LogP contribution in [0.1, 0.15) is 11.1 Å². The SMILES string of the molecule is Cc1ccc(NC(=O)/C(C#N)=C\c2cc(Br)ccc2OS(=O)(=O)c2ccc([N+](=O)[O-])cc2)cc1. The summed E-state index contributed by atoms with van der Waals surface area (Å²) in [6.45, 7) is 1.89. The summed E-state index contributed by atoms with van der Waals surface area (Å²) in [5.74, 6) is -0.826. The maximum Gasteiger partial charge on any atom is 0.339 e. The lowest BCUT2D eigenvalue weighted by Gasteiger charge is -2.11. The number of benzene rings is 3. The molecule has 0 saturated carbocycles. The molecule has 0 heterocycles. The predicted octanol–water partition coefficient (Wildman–Crippen LogP) is 4.98. The Hall–Kier alpha value is -4.01. The van der Waals surface area contributed by atoms with Crippen molar-refractivity contribution in [1.82, 2.24) is 0 Å². The van der Waals surface area contributed by atoms with Crippen LogP contribution in [0.4, 0.5) is 11.4 Å². The van der Waals surface area contributed by atoms with Crippen LogP contribution in [0, 0.1) is 28.4 Å². The number of rotatable bonds is 7. The van der Waals surface area contributed by atoms with Gasteiger partial charge in [-0.3, -0.25) is 14.9 Å². The van der Waals surface area contributed by atoms with Gasteiger partial charge in [0, 0.05) is 27.9 Å². The van der Waals surface area contributed by atoms with Crippen LogP contribution in [-0.4, -0.2) is 19.2 Å². The Bertz CT molecular complexity index is 1430. The molecule has 0 atom stereocenters. The summed E-state index contributed by atoms with van der Waals surface area (Å²) in [5, 5.41) is 22.9. The Balaban J connectivity index is 1.92. The van der Waals surface area contributed by atoms with Crippen molar-refractivity contribution in [2.45, 2.75) is 11.8 Å². The highest BCUT2D eigenvalue weighted by molar-refractivity contribution is 9.10. The lowest BCUT2D eigenvalue weighted by atomic mass is 10.1. The molecule has 9 nitrogen and oxygen atoms in total. The van der Waals surface area contributed by atoms with Crippen molar-refractivity contribution in [3.8, 4) is 11.8 Å². The predicted molar refractivity (Wildman–Crippen MR) is 128 cm³/mol. The van der Waals surface area contributed by atoms with E-state index in [9.17, 15) is 28.6 Å². The van der Waals surface area contributed by atoms with E-state index in [1.54, 1.807) is 30.3 Å². The molecule has 172 valence electrons. The van der Waals surface area contributed by atoms with E-state index in [1.165, 1.54) is 24.3 Å². The van der Waals surface area contributed by atoms with Gasteiger partial charge >= 0.3 is 10.1 Å². The van der Waals surface area contributed by atoms with Crippen molar-refractivity contribution >= 4 is 49.4 Å². The minimum absolute atomic E-state index is 0.141. The van der Waals surface area contributed by atoms with Crippen LogP contribution in [-0.2, 0) is 14.9 Å². The monoisotopic (exact) mass is 541 g/mol.